The summed E-state index contributed by atoms with van der Waals surface area (Å²) >= 11 is 0.558. The highest BCUT2D eigenvalue weighted by molar-refractivity contribution is 7.93. The van der Waals surface area contributed by atoms with Gasteiger partial charge in [-0.25, -0.2) is 13.4 Å². The molecule has 0 spiro atoms. The molecule has 2 rings (SSSR count). The maximum atomic E-state index is 12.8. The monoisotopic (exact) mass is 408 g/mol. The van der Waals surface area contributed by atoms with Crippen LogP contribution in [0.3, 0.4) is 0 Å². The van der Waals surface area contributed by atoms with Crippen molar-refractivity contribution in [3.63, 3.8) is 0 Å². The Morgan fingerprint density at radius 2 is 1.77 bits per heavy atom. The van der Waals surface area contributed by atoms with Gasteiger partial charge in [0.1, 0.15) is 10.5 Å². The van der Waals surface area contributed by atoms with Gasteiger partial charge in [0.05, 0.1) is 12.0 Å². The zero-order valence-electron chi connectivity index (χ0n) is 13.9. The average molecular weight is 408 g/mol. The number of thiazole rings is 1. The average Bonchev–Trinajstić information content (AvgIpc) is 3.03. The van der Waals surface area contributed by atoms with E-state index in [9.17, 15) is 26.4 Å². The van der Waals surface area contributed by atoms with Crippen LogP contribution in [0.15, 0.2) is 34.5 Å². The normalized spacial score (nSPS) is 12.7. The van der Waals surface area contributed by atoms with Crippen LogP contribution >= 0.6 is 11.3 Å². The third-order valence-electron chi connectivity index (χ3n) is 3.60. The second-order valence-corrected chi connectivity index (χ2v) is 9.04. The summed E-state index contributed by atoms with van der Waals surface area (Å²) in [5, 5.41) is 2.54. The number of benzene rings is 1. The number of aromatic nitrogens is 1. The summed E-state index contributed by atoms with van der Waals surface area (Å²) in [6.45, 7) is 2.33. The molecule has 0 saturated heterocycles. The maximum Gasteiger partial charge on any atom is 0.434 e. The minimum Gasteiger partial charge on any atom is -0.497 e. The molecule has 0 unspecified atom stereocenters. The molecule has 1 amide bonds. The number of hydrogen-bond donors (Lipinski definition) is 1. The Morgan fingerprint density at radius 1 is 1.19 bits per heavy atom. The molecule has 0 radical (unpaired) electrons. The standard InChI is InChI=1S/C15H15F3N2O4S2/c1-14(2,26(22,23)10-6-4-9(24-3)5-7-10)12(21)20-13-19-11(8-25-13)15(16,17)18/h4-8H,1-3H3,(H,19,20,21). The minimum atomic E-state index is -4.65. The van der Waals surface area contributed by atoms with E-state index in [1.54, 1.807) is 0 Å². The number of nitrogens with one attached hydrogen (secondary N) is 1. The van der Waals surface area contributed by atoms with Crippen LogP contribution in [0.5, 0.6) is 5.75 Å². The van der Waals surface area contributed by atoms with Crippen LogP contribution < -0.4 is 10.1 Å². The molecule has 1 heterocycles. The Morgan fingerprint density at radius 3 is 2.23 bits per heavy atom. The van der Waals surface area contributed by atoms with Crippen molar-refractivity contribution in [2.75, 3.05) is 12.4 Å². The first-order valence-corrected chi connectivity index (χ1v) is 9.48. The molecule has 142 valence electrons. The van der Waals surface area contributed by atoms with Crippen molar-refractivity contribution in [3.8, 4) is 5.75 Å². The highest BCUT2D eigenvalue weighted by atomic mass is 32.2. The smallest absolute Gasteiger partial charge is 0.434 e. The molecular formula is C15H15F3N2O4S2. The van der Waals surface area contributed by atoms with E-state index in [0.717, 1.165) is 5.38 Å². The highest BCUT2D eigenvalue weighted by Gasteiger charge is 2.43. The molecule has 0 saturated carbocycles. The fourth-order valence-electron chi connectivity index (χ4n) is 1.88. The highest BCUT2D eigenvalue weighted by Crippen LogP contribution is 2.33. The van der Waals surface area contributed by atoms with Crippen LogP contribution in [0, 0.1) is 0 Å². The predicted octanol–water partition coefficient (Wildman–Crippen LogP) is 3.36. The summed E-state index contributed by atoms with van der Waals surface area (Å²) in [5.41, 5.74) is -1.16. The lowest BCUT2D eigenvalue weighted by Crippen LogP contribution is -2.44. The lowest BCUT2D eigenvalue weighted by molar-refractivity contribution is -0.140. The zero-order chi connectivity index (χ0) is 19.8. The molecule has 0 aliphatic heterocycles. The number of hydrogen-bond acceptors (Lipinski definition) is 6. The third-order valence-corrected chi connectivity index (χ3v) is 6.78. The van der Waals surface area contributed by atoms with Gasteiger partial charge in [-0.05, 0) is 38.1 Å². The van der Waals surface area contributed by atoms with Gasteiger partial charge in [-0.3, -0.25) is 4.79 Å². The van der Waals surface area contributed by atoms with Crippen LogP contribution in [0.25, 0.3) is 0 Å². The van der Waals surface area contributed by atoms with Gasteiger partial charge in [0.15, 0.2) is 20.7 Å². The van der Waals surface area contributed by atoms with Gasteiger partial charge in [-0.2, -0.15) is 13.2 Å². The van der Waals surface area contributed by atoms with Crippen molar-refractivity contribution in [2.24, 2.45) is 0 Å². The molecule has 0 aliphatic rings. The molecule has 2 aromatic rings. The second kappa shape index (κ2) is 6.88. The van der Waals surface area contributed by atoms with E-state index in [1.165, 1.54) is 45.2 Å². The van der Waals surface area contributed by atoms with Crippen LogP contribution in [0.1, 0.15) is 19.5 Å². The van der Waals surface area contributed by atoms with E-state index in [-0.39, 0.29) is 10.0 Å². The Balaban J connectivity index is 2.26. The Kier molecular flexibility index (Phi) is 5.34. The fraction of sp³-hybridized carbons (Fsp3) is 0.333. The Hall–Kier alpha value is -2.14. The topological polar surface area (TPSA) is 85.4 Å². The third kappa shape index (κ3) is 3.83. The maximum absolute atomic E-state index is 12.8. The summed E-state index contributed by atoms with van der Waals surface area (Å²) in [4.78, 5) is 15.6. The van der Waals surface area contributed by atoms with E-state index in [1.807, 2.05) is 0 Å². The van der Waals surface area contributed by atoms with E-state index >= 15 is 0 Å². The summed E-state index contributed by atoms with van der Waals surface area (Å²) in [6.07, 6.45) is -4.65. The van der Waals surface area contributed by atoms with Crippen molar-refractivity contribution in [2.45, 2.75) is 29.7 Å². The van der Waals surface area contributed by atoms with E-state index in [4.69, 9.17) is 4.74 Å². The van der Waals surface area contributed by atoms with Crippen LogP contribution in [-0.2, 0) is 20.8 Å². The van der Waals surface area contributed by atoms with Crippen LogP contribution in [0.2, 0.25) is 0 Å². The van der Waals surface area contributed by atoms with E-state index in [2.05, 4.69) is 10.3 Å². The number of halogens is 3. The van der Waals surface area contributed by atoms with Crippen molar-refractivity contribution >= 4 is 32.2 Å². The lowest BCUT2D eigenvalue weighted by atomic mass is 10.2. The first-order valence-electron chi connectivity index (χ1n) is 7.12. The molecule has 0 bridgehead atoms. The number of amides is 1. The Bertz CT molecular complexity index is 904. The van der Waals surface area contributed by atoms with Gasteiger partial charge >= 0.3 is 6.18 Å². The largest absolute Gasteiger partial charge is 0.497 e. The van der Waals surface area contributed by atoms with Crippen LogP contribution in [0.4, 0.5) is 18.3 Å². The first kappa shape index (κ1) is 20.2. The number of anilines is 1. The molecule has 26 heavy (non-hydrogen) atoms. The molecule has 6 nitrogen and oxygen atoms in total. The van der Waals surface area contributed by atoms with Crippen molar-refractivity contribution < 1.29 is 31.1 Å². The van der Waals surface area contributed by atoms with Gasteiger partial charge in [-0.1, -0.05) is 0 Å². The molecule has 0 aliphatic carbocycles. The van der Waals surface area contributed by atoms with Gasteiger partial charge in [-0.15, -0.1) is 11.3 Å². The summed E-state index contributed by atoms with van der Waals surface area (Å²) in [7, 11) is -2.70. The fourth-order valence-corrected chi connectivity index (χ4v) is 3.97. The van der Waals surface area contributed by atoms with Crippen molar-refractivity contribution in [3.05, 3.63) is 35.3 Å². The number of nitrogens with zero attached hydrogens (tertiary/aromatic N) is 1. The zero-order valence-corrected chi connectivity index (χ0v) is 15.6. The van der Waals surface area contributed by atoms with Crippen molar-refractivity contribution in [1.29, 1.82) is 0 Å². The number of sulfone groups is 1. The molecule has 1 N–H and O–H groups in total. The summed E-state index contributed by atoms with van der Waals surface area (Å²) in [6, 6.07) is 5.43. The molecule has 0 fully saturated rings. The number of methoxy groups -OCH3 is 1. The number of rotatable bonds is 5. The predicted molar refractivity (Wildman–Crippen MR) is 90.0 cm³/mol. The second-order valence-electron chi connectivity index (χ2n) is 5.68. The quantitative estimate of drug-likeness (QED) is 0.820. The van der Waals surface area contributed by atoms with Gasteiger partial charge < -0.3 is 10.1 Å². The van der Waals surface area contributed by atoms with Crippen molar-refractivity contribution in [1.82, 2.24) is 4.98 Å². The van der Waals surface area contributed by atoms with E-state index in [0.29, 0.717) is 17.1 Å². The summed E-state index contributed by atoms with van der Waals surface area (Å²) in [5.74, 6) is -0.551. The molecule has 1 aromatic heterocycles. The SMILES string of the molecule is COc1ccc(S(=O)(=O)C(C)(C)C(=O)Nc2nc(C(F)(F)F)cs2)cc1. The van der Waals surface area contributed by atoms with Gasteiger partial charge in [0.2, 0.25) is 5.91 Å². The Labute approximate surface area is 151 Å². The minimum absolute atomic E-state index is 0.117. The molecule has 1 aromatic carbocycles. The lowest BCUT2D eigenvalue weighted by Gasteiger charge is -2.23. The number of ether oxygens (including phenoxy) is 1. The number of carbonyl (C=O) groups excluding carboxylic acids is 1. The molecule has 0 atom stereocenters. The summed E-state index contributed by atoms with van der Waals surface area (Å²) < 4.78 is 66.2. The molecule has 11 heteroatoms. The first-order chi connectivity index (χ1) is 11.9. The van der Waals surface area contributed by atoms with Gasteiger partial charge in [0, 0.05) is 5.38 Å². The molecular weight excluding hydrogens is 393 g/mol. The number of carbonyl (C=O) groups is 1. The van der Waals surface area contributed by atoms with Gasteiger partial charge in [0.25, 0.3) is 0 Å². The number of alkyl halides is 3. The van der Waals surface area contributed by atoms with Crippen LogP contribution in [-0.4, -0.2) is 31.2 Å². The van der Waals surface area contributed by atoms with E-state index < -0.39 is 32.4 Å².